The third-order valence-corrected chi connectivity index (χ3v) is 5.87. The van der Waals surface area contributed by atoms with Gasteiger partial charge in [-0.3, -0.25) is 9.59 Å². The van der Waals surface area contributed by atoms with E-state index in [1.165, 1.54) is 4.52 Å². The van der Waals surface area contributed by atoms with Crippen LogP contribution in [0, 0.1) is 0 Å². The van der Waals surface area contributed by atoms with Crippen LogP contribution in [0.2, 0.25) is 0 Å². The second-order valence-corrected chi connectivity index (χ2v) is 8.32. The lowest BCUT2D eigenvalue weighted by Gasteiger charge is -2.09. The fourth-order valence-electron chi connectivity index (χ4n) is 2.98. The highest BCUT2D eigenvalue weighted by molar-refractivity contribution is 9.10. The number of methoxy groups -OCH3 is 2. The Bertz CT molecular complexity index is 1410. The molecule has 0 bridgehead atoms. The number of halogens is 1. The van der Waals surface area contributed by atoms with Crippen molar-refractivity contribution in [3.05, 3.63) is 89.0 Å². The van der Waals surface area contributed by atoms with Gasteiger partial charge < -0.3 is 9.47 Å². The number of hydrogen-bond acceptors (Lipinski definition) is 7. The molecule has 30 heavy (non-hydrogen) atoms. The summed E-state index contributed by atoms with van der Waals surface area (Å²) in [4.78, 5) is 29.6. The van der Waals surface area contributed by atoms with Crippen molar-refractivity contribution in [1.29, 1.82) is 0 Å². The third kappa shape index (κ3) is 3.99. The van der Waals surface area contributed by atoms with Crippen molar-refractivity contribution < 1.29 is 9.47 Å². The summed E-state index contributed by atoms with van der Waals surface area (Å²) < 4.78 is 13.1. The van der Waals surface area contributed by atoms with E-state index in [1.807, 2.05) is 30.3 Å². The molecule has 0 aliphatic rings. The Morgan fingerprint density at radius 3 is 2.63 bits per heavy atom. The Balaban J connectivity index is 1.76. The van der Waals surface area contributed by atoms with Gasteiger partial charge in [-0.05, 0) is 41.5 Å². The number of rotatable bonds is 5. The highest BCUT2D eigenvalue weighted by Gasteiger charge is 2.13. The lowest BCUT2D eigenvalue weighted by atomic mass is 10.1. The smallest absolute Gasteiger partial charge is 0.296 e. The van der Waals surface area contributed by atoms with Crippen LogP contribution in [0.3, 0.4) is 0 Å². The van der Waals surface area contributed by atoms with Gasteiger partial charge in [0.25, 0.3) is 11.1 Å². The van der Waals surface area contributed by atoms with E-state index in [2.05, 4.69) is 26.0 Å². The molecule has 0 saturated heterocycles. The number of benzene rings is 2. The molecule has 0 radical (unpaired) electrons. The zero-order chi connectivity index (χ0) is 21.3. The number of hydrogen-bond donors (Lipinski definition) is 0. The van der Waals surface area contributed by atoms with Gasteiger partial charge in [-0.25, -0.2) is 0 Å². The summed E-state index contributed by atoms with van der Waals surface area (Å²) in [6.07, 6.45) is 1.97. The maximum Gasteiger partial charge on any atom is 0.296 e. The molecule has 2 aromatic heterocycles. The molecule has 4 rings (SSSR count). The molecule has 0 aliphatic heterocycles. The van der Waals surface area contributed by atoms with Crippen LogP contribution in [0.4, 0.5) is 0 Å². The van der Waals surface area contributed by atoms with Gasteiger partial charge in [0.1, 0.15) is 5.69 Å². The SMILES string of the molecule is COc1ccc(Cc2nn3c(=O)/c(=C\c4cccc(Br)c4)sc3nc2=O)cc1OC. The highest BCUT2D eigenvalue weighted by Crippen LogP contribution is 2.28. The van der Waals surface area contributed by atoms with Crippen molar-refractivity contribution in [2.75, 3.05) is 14.2 Å². The summed E-state index contributed by atoms with van der Waals surface area (Å²) in [6.45, 7) is 0. The number of aromatic nitrogens is 3. The van der Waals surface area contributed by atoms with E-state index < -0.39 is 5.56 Å². The second-order valence-electron chi connectivity index (χ2n) is 6.39. The minimum atomic E-state index is -0.458. The average molecular weight is 486 g/mol. The number of thiazole rings is 1. The van der Waals surface area contributed by atoms with E-state index in [4.69, 9.17) is 9.47 Å². The summed E-state index contributed by atoms with van der Waals surface area (Å²) in [5.41, 5.74) is 1.07. The summed E-state index contributed by atoms with van der Waals surface area (Å²) in [5.74, 6) is 1.14. The molecule has 0 atom stereocenters. The zero-order valence-electron chi connectivity index (χ0n) is 16.1. The minimum absolute atomic E-state index is 0.184. The van der Waals surface area contributed by atoms with Crippen molar-refractivity contribution in [1.82, 2.24) is 14.6 Å². The van der Waals surface area contributed by atoms with Gasteiger partial charge in [0.15, 0.2) is 11.5 Å². The van der Waals surface area contributed by atoms with Crippen LogP contribution in [0.1, 0.15) is 16.8 Å². The second kappa shape index (κ2) is 8.37. The lowest BCUT2D eigenvalue weighted by Crippen LogP contribution is -2.28. The maximum absolute atomic E-state index is 12.8. The zero-order valence-corrected chi connectivity index (χ0v) is 18.5. The number of fused-ring (bicyclic) bond motifs is 1. The van der Waals surface area contributed by atoms with Crippen molar-refractivity contribution in [2.45, 2.75) is 6.42 Å². The molecular weight excluding hydrogens is 470 g/mol. The van der Waals surface area contributed by atoms with Gasteiger partial charge in [0.05, 0.1) is 18.8 Å². The summed E-state index contributed by atoms with van der Waals surface area (Å²) >= 11 is 4.55. The van der Waals surface area contributed by atoms with Gasteiger partial charge >= 0.3 is 0 Å². The summed E-state index contributed by atoms with van der Waals surface area (Å²) in [7, 11) is 3.10. The van der Waals surface area contributed by atoms with Gasteiger partial charge in [-0.1, -0.05) is 45.5 Å². The lowest BCUT2D eigenvalue weighted by molar-refractivity contribution is 0.354. The van der Waals surface area contributed by atoms with E-state index in [1.54, 1.807) is 32.4 Å². The first-order valence-corrected chi connectivity index (χ1v) is 10.5. The molecule has 0 saturated carbocycles. The fraction of sp³-hybridized carbons (Fsp3) is 0.143. The molecule has 0 spiro atoms. The van der Waals surface area contributed by atoms with E-state index >= 15 is 0 Å². The summed E-state index contributed by atoms with van der Waals surface area (Å²) in [5, 5.41) is 4.29. The van der Waals surface area contributed by atoms with Crippen LogP contribution in [0.15, 0.2) is 56.5 Å². The van der Waals surface area contributed by atoms with Crippen molar-refractivity contribution in [3.8, 4) is 11.5 Å². The molecular formula is C21H16BrN3O4S. The van der Waals surface area contributed by atoms with Crippen LogP contribution < -0.4 is 25.1 Å². The van der Waals surface area contributed by atoms with Crippen LogP contribution in [0.25, 0.3) is 11.0 Å². The molecule has 2 heterocycles. The third-order valence-electron chi connectivity index (χ3n) is 4.42. The van der Waals surface area contributed by atoms with Gasteiger partial charge in [-0.2, -0.15) is 14.6 Å². The molecule has 2 aromatic carbocycles. The highest BCUT2D eigenvalue weighted by atomic mass is 79.9. The van der Waals surface area contributed by atoms with Crippen LogP contribution in [-0.4, -0.2) is 28.8 Å². The maximum atomic E-state index is 12.8. The topological polar surface area (TPSA) is 82.8 Å². The first-order valence-electron chi connectivity index (χ1n) is 8.89. The Morgan fingerprint density at radius 2 is 1.90 bits per heavy atom. The van der Waals surface area contributed by atoms with Crippen LogP contribution >= 0.6 is 27.3 Å². The molecule has 152 valence electrons. The molecule has 0 N–H and O–H groups in total. The molecule has 0 aliphatic carbocycles. The number of nitrogens with zero attached hydrogens (tertiary/aromatic N) is 3. The van der Waals surface area contributed by atoms with Gasteiger partial charge in [0.2, 0.25) is 4.96 Å². The standard InChI is InChI=1S/C21H16BrN3O4S/c1-28-16-7-6-13(10-17(16)29-2)9-15-19(26)23-21-25(24-15)20(27)18(30-21)11-12-4-3-5-14(22)8-12/h3-8,10-11H,9H2,1-2H3/b18-11+. The van der Waals surface area contributed by atoms with E-state index in [9.17, 15) is 9.59 Å². The Labute approximate surface area is 183 Å². The quantitative estimate of drug-likeness (QED) is 0.431. The van der Waals surface area contributed by atoms with Gasteiger partial charge in [0, 0.05) is 10.9 Å². The average Bonchev–Trinajstić information content (AvgIpc) is 3.02. The first-order chi connectivity index (χ1) is 14.5. The largest absolute Gasteiger partial charge is 0.493 e. The van der Waals surface area contributed by atoms with Crippen molar-refractivity contribution >= 4 is 38.3 Å². The monoisotopic (exact) mass is 485 g/mol. The fourth-order valence-corrected chi connectivity index (χ4v) is 4.30. The Morgan fingerprint density at radius 1 is 1.10 bits per heavy atom. The van der Waals surface area contributed by atoms with E-state index in [0.717, 1.165) is 26.9 Å². The normalized spacial score (nSPS) is 11.8. The molecule has 0 unspecified atom stereocenters. The van der Waals surface area contributed by atoms with Crippen LogP contribution in [-0.2, 0) is 6.42 Å². The molecule has 4 aromatic rings. The molecule has 7 nitrogen and oxygen atoms in total. The first kappa shape index (κ1) is 20.2. The predicted octanol–water partition coefficient (Wildman–Crippen LogP) is 2.43. The number of ether oxygens (including phenoxy) is 2. The van der Waals surface area contributed by atoms with Crippen LogP contribution in [0.5, 0.6) is 11.5 Å². The van der Waals surface area contributed by atoms with E-state index in [-0.39, 0.29) is 22.6 Å². The molecule has 0 fully saturated rings. The predicted molar refractivity (Wildman–Crippen MR) is 119 cm³/mol. The van der Waals surface area contributed by atoms with Crippen molar-refractivity contribution in [2.24, 2.45) is 0 Å². The summed E-state index contributed by atoms with van der Waals surface area (Å²) in [6, 6.07) is 12.9. The minimum Gasteiger partial charge on any atom is -0.493 e. The Kier molecular flexibility index (Phi) is 5.65. The molecule has 0 amide bonds. The van der Waals surface area contributed by atoms with E-state index in [0.29, 0.717) is 16.0 Å². The van der Waals surface area contributed by atoms with Crippen molar-refractivity contribution in [3.63, 3.8) is 0 Å². The Hall–Kier alpha value is -3.04. The van der Waals surface area contributed by atoms with Gasteiger partial charge in [-0.15, -0.1) is 0 Å². The molecule has 9 heteroatoms.